The number of rotatable bonds is 26. The van der Waals surface area contributed by atoms with Crippen LogP contribution in [-0.4, -0.2) is 54.1 Å². The molecular weight excluding hydrogens is 638 g/mol. The zero-order valence-corrected chi connectivity index (χ0v) is 32.3. The average Bonchev–Trinajstić information content (AvgIpc) is 3.13. The Hall–Kier alpha value is -2.78. The largest absolute Gasteiger partial charge is 0.392 e. The van der Waals surface area contributed by atoms with E-state index < -0.39 is 6.29 Å². The first-order chi connectivity index (χ1) is 24.8. The Kier molecular flexibility index (Phi) is 21.1. The van der Waals surface area contributed by atoms with E-state index in [1.807, 2.05) is 36.4 Å². The Morgan fingerprint density at radius 1 is 0.765 bits per heavy atom. The van der Waals surface area contributed by atoms with Crippen LogP contribution < -0.4 is 10.6 Å². The van der Waals surface area contributed by atoms with Gasteiger partial charge in [-0.2, -0.15) is 0 Å². The maximum absolute atomic E-state index is 12.8. The molecule has 0 bridgehead atoms. The summed E-state index contributed by atoms with van der Waals surface area (Å²) in [7, 11) is 0. The minimum absolute atomic E-state index is 0.0111. The average molecular weight is 708 g/mol. The molecule has 0 aliphatic carbocycles. The predicted octanol–water partition coefficient (Wildman–Crippen LogP) is 9.63. The number of anilines is 1. The third-order valence-corrected chi connectivity index (χ3v) is 10.1. The topological polar surface area (TPSA) is 100 Å². The predicted molar refractivity (Wildman–Crippen MR) is 208 cm³/mol. The molecule has 1 fully saturated rings. The number of aliphatic hydroxyl groups excluding tert-OH is 1. The quantitative estimate of drug-likeness (QED) is 0.0843. The van der Waals surface area contributed by atoms with Crippen LogP contribution >= 0.6 is 0 Å². The highest BCUT2D eigenvalue weighted by Crippen LogP contribution is 2.42. The summed E-state index contributed by atoms with van der Waals surface area (Å²) in [6, 6.07) is 16.0. The summed E-state index contributed by atoms with van der Waals surface area (Å²) in [6.07, 6.45) is 17.6. The maximum atomic E-state index is 12.8. The number of unbranched alkanes of at least 4 members (excludes halogenated alkanes) is 12. The van der Waals surface area contributed by atoms with Crippen LogP contribution in [-0.2, 0) is 25.7 Å². The minimum Gasteiger partial charge on any atom is -0.392 e. The Morgan fingerprint density at radius 3 is 2.02 bits per heavy atom. The molecular formula is C43H69N3O5. The van der Waals surface area contributed by atoms with E-state index in [1.165, 1.54) is 84.0 Å². The zero-order valence-electron chi connectivity index (χ0n) is 32.3. The number of carbonyl (C=O) groups excluding carboxylic acids is 2. The van der Waals surface area contributed by atoms with E-state index in [-0.39, 0.29) is 36.5 Å². The summed E-state index contributed by atoms with van der Waals surface area (Å²) < 4.78 is 13.6. The van der Waals surface area contributed by atoms with Crippen molar-refractivity contribution >= 4 is 17.5 Å². The highest BCUT2D eigenvalue weighted by molar-refractivity contribution is 5.90. The van der Waals surface area contributed by atoms with Crippen LogP contribution in [0.25, 0.3) is 0 Å². The second-order valence-corrected chi connectivity index (χ2v) is 14.6. The number of nitrogens with zero attached hydrogens (tertiary/aromatic N) is 1. The molecule has 4 unspecified atom stereocenters. The molecule has 286 valence electrons. The van der Waals surface area contributed by atoms with E-state index in [0.717, 1.165) is 61.3 Å². The number of hydrogen-bond acceptors (Lipinski definition) is 6. The Morgan fingerprint density at radius 2 is 1.39 bits per heavy atom. The van der Waals surface area contributed by atoms with Gasteiger partial charge in [0, 0.05) is 43.6 Å². The van der Waals surface area contributed by atoms with Gasteiger partial charge in [-0.05, 0) is 62.0 Å². The molecule has 2 aromatic rings. The fourth-order valence-corrected chi connectivity index (χ4v) is 6.95. The molecule has 1 aliphatic rings. The van der Waals surface area contributed by atoms with Crippen molar-refractivity contribution in [1.82, 2.24) is 10.2 Å². The lowest BCUT2D eigenvalue weighted by atomic mass is 9.90. The van der Waals surface area contributed by atoms with Crippen molar-refractivity contribution in [2.75, 3.05) is 31.5 Å². The van der Waals surface area contributed by atoms with Crippen LogP contribution in [0.1, 0.15) is 160 Å². The highest BCUT2D eigenvalue weighted by Gasteiger charge is 2.39. The molecule has 4 atom stereocenters. The van der Waals surface area contributed by atoms with Gasteiger partial charge in [0.25, 0.3) is 0 Å². The van der Waals surface area contributed by atoms with Crippen molar-refractivity contribution in [3.05, 3.63) is 65.2 Å². The molecule has 8 heteroatoms. The fourth-order valence-electron chi connectivity index (χ4n) is 6.95. The summed E-state index contributed by atoms with van der Waals surface area (Å²) in [6.45, 7) is 12.0. The van der Waals surface area contributed by atoms with Gasteiger partial charge in [0.2, 0.25) is 11.8 Å². The van der Waals surface area contributed by atoms with Gasteiger partial charge in [-0.15, -0.1) is 0 Å². The normalized spacial score (nSPS) is 18.9. The zero-order chi connectivity index (χ0) is 36.7. The molecule has 0 spiro atoms. The number of nitrogens with one attached hydrogen (secondary N) is 2. The standard InChI is InChI=1S/C43H69N3O5/c1-5-7-9-11-13-18-29-46(30-19-14-12-10-8-6-2)32-40-34(3)42(37-26-24-36(33-47)25-27-37)51-43(50-40)38-21-20-22-39(31-38)45-41(49)23-16-15-17-28-44-35(4)48/h20-22,24-27,31,34,40,42-43,47H,5-19,23,28-30,32-33H2,1-4H3,(H,44,48)(H,45,49). The van der Waals surface area contributed by atoms with E-state index in [9.17, 15) is 14.7 Å². The summed E-state index contributed by atoms with van der Waals surface area (Å²) in [5.74, 6) is 0.0702. The second-order valence-electron chi connectivity index (χ2n) is 14.6. The van der Waals surface area contributed by atoms with Crippen LogP contribution in [0.15, 0.2) is 48.5 Å². The number of amides is 2. The third kappa shape index (κ3) is 16.6. The van der Waals surface area contributed by atoms with Crippen molar-refractivity contribution in [1.29, 1.82) is 0 Å². The van der Waals surface area contributed by atoms with Gasteiger partial charge in [0.15, 0.2) is 6.29 Å². The van der Waals surface area contributed by atoms with Crippen LogP contribution in [0, 0.1) is 5.92 Å². The third-order valence-electron chi connectivity index (χ3n) is 10.1. The summed E-state index contributed by atoms with van der Waals surface area (Å²) in [4.78, 5) is 26.5. The highest BCUT2D eigenvalue weighted by atomic mass is 16.7. The van der Waals surface area contributed by atoms with E-state index in [4.69, 9.17) is 9.47 Å². The summed E-state index contributed by atoms with van der Waals surface area (Å²) in [5.41, 5.74) is 3.58. The van der Waals surface area contributed by atoms with E-state index in [0.29, 0.717) is 13.0 Å². The lowest BCUT2D eigenvalue weighted by Gasteiger charge is -2.43. The molecule has 0 saturated carbocycles. The molecule has 51 heavy (non-hydrogen) atoms. The first-order valence-corrected chi connectivity index (χ1v) is 20.2. The SMILES string of the molecule is CCCCCCCCN(CCCCCCCC)CC1OC(c2cccc(NC(=O)CCCCCNC(C)=O)c2)OC(c2ccc(CO)cc2)C1C. The van der Waals surface area contributed by atoms with Crippen LogP contribution in [0.2, 0.25) is 0 Å². The number of benzene rings is 2. The first kappa shape index (κ1) is 42.6. The number of carbonyl (C=O) groups is 2. The van der Waals surface area contributed by atoms with Gasteiger partial charge in [-0.25, -0.2) is 0 Å². The fraction of sp³-hybridized carbons (Fsp3) is 0.674. The molecule has 2 amide bonds. The molecule has 1 aliphatic heterocycles. The Labute approximate surface area is 309 Å². The van der Waals surface area contributed by atoms with E-state index in [1.54, 1.807) is 0 Å². The number of ether oxygens (including phenoxy) is 2. The summed E-state index contributed by atoms with van der Waals surface area (Å²) in [5, 5.41) is 15.5. The van der Waals surface area contributed by atoms with Crippen molar-refractivity contribution < 1.29 is 24.2 Å². The molecule has 2 aromatic carbocycles. The van der Waals surface area contributed by atoms with Gasteiger partial charge < -0.3 is 30.1 Å². The molecule has 3 rings (SSSR count). The van der Waals surface area contributed by atoms with Crippen LogP contribution in [0.3, 0.4) is 0 Å². The number of aliphatic hydroxyl groups is 1. The molecule has 1 saturated heterocycles. The monoisotopic (exact) mass is 708 g/mol. The minimum atomic E-state index is -0.579. The molecule has 0 radical (unpaired) electrons. The van der Waals surface area contributed by atoms with Crippen molar-refractivity contribution in [2.45, 2.75) is 156 Å². The van der Waals surface area contributed by atoms with Crippen LogP contribution in [0.4, 0.5) is 5.69 Å². The van der Waals surface area contributed by atoms with Gasteiger partial charge in [-0.3, -0.25) is 9.59 Å². The lowest BCUT2D eigenvalue weighted by Crippen LogP contribution is -2.45. The Bertz CT molecular complexity index is 1220. The van der Waals surface area contributed by atoms with E-state index >= 15 is 0 Å². The molecule has 0 aromatic heterocycles. The van der Waals surface area contributed by atoms with Gasteiger partial charge >= 0.3 is 0 Å². The lowest BCUT2D eigenvalue weighted by molar-refractivity contribution is -0.276. The second kappa shape index (κ2) is 25.2. The van der Waals surface area contributed by atoms with Gasteiger partial charge in [-0.1, -0.05) is 128 Å². The maximum Gasteiger partial charge on any atom is 0.224 e. The van der Waals surface area contributed by atoms with Gasteiger partial charge in [0.05, 0.1) is 18.8 Å². The smallest absolute Gasteiger partial charge is 0.224 e. The first-order valence-electron chi connectivity index (χ1n) is 20.2. The Balaban J connectivity index is 1.72. The van der Waals surface area contributed by atoms with Crippen molar-refractivity contribution in [2.24, 2.45) is 5.92 Å². The van der Waals surface area contributed by atoms with Gasteiger partial charge in [0.1, 0.15) is 0 Å². The summed E-state index contributed by atoms with van der Waals surface area (Å²) >= 11 is 0. The molecule has 8 nitrogen and oxygen atoms in total. The van der Waals surface area contributed by atoms with Crippen molar-refractivity contribution in [3.8, 4) is 0 Å². The van der Waals surface area contributed by atoms with E-state index in [2.05, 4.69) is 48.4 Å². The van der Waals surface area contributed by atoms with Crippen molar-refractivity contribution in [3.63, 3.8) is 0 Å². The number of hydrogen-bond donors (Lipinski definition) is 3. The molecule has 1 heterocycles. The van der Waals surface area contributed by atoms with Crippen LogP contribution in [0.5, 0.6) is 0 Å². The molecule has 3 N–H and O–H groups in total.